The van der Waals surface area contributed by atoms with Gasteiger partial charge in [-0.15, -0.1) is 0 Å². The van der Waals surface area contributed by atoms with Gasteiger partial charge in [-0.1, -0.05) is 0 Å². The van der Waals surface area contributed by atoms with E-state index in [9.17, 15) is 4.79 Å². The summed E-state index contributed by atoms with van der Waals surface area (Å²) >= 11 is 3.48. The van der Waals surface area contributed by atoms with Gasteiger partial charge in [0.05, 0.1) is 0 Å². The molecule has 1 fully saturated rings. The first kappa shape index (κ1) is 14.5. The highest BCUT2D eigenvalue weighted by molar-refractivity contribution is 9.10. The third kappa shape index (κ3) is 3.37. The number of ketones is 1. The summed E-state index contributed by atoms with van der Waals surface area (Å²) in [6.45, 7) is 2.90. The quantitative estimate of drug-likeness (QED) is 0.843. The number of aliphatic hydroxyl groups is 1. The molecule has 0 amide bonds. The van der Waals surface area contributed by atoms with Crippen LogP contribution in [0.3, 0.4) is 0 Å². The van der Waals surface area contributed by atoms with E-state index in [1.165, 1.54) is 12.8 Å². The van der Waals surface area contributed by atoms with Crippen molar-refractivity contribution in [2.45, 2.75) is 38.6 Å². The van der Waals surface area contributed by atoms with Crippen LogP contribution in [0.25, 0.3) is 0 Å². The first-order chi connectivity index (χ1) is 9.13. The molecular weight excluding hydrogens is 306 g/mol. The number of anilines is 1. The molecule has 3 nitrogen and oxygen atoms in total. The minimum atomic E-state index is 0.0803. The Bertz CT molecular complexity index is 461. The van der Waals surface area contributed by atoms with Gasteiger partial charge in [0, 0.05) is 34.9 Å². The van der Waals surface area contributed by atoms with Crippen LogP contribution in [-0.2, 0) is 0 Å². The molecule has 0 aromatic heterocycles. The molecule has 0 saturated carbocycles. The molecule has 2 rings (SSSR count). The van der Waals surface area contributed by atoms with E-state index in [2.05, 4.69) is 20.8 Å². The molecule has 1 aliphatic rings. The molecule has 1 aliphatic heterocycles. The fourth-order valence-electron chi connectivity index (χ4n) is 2.77. The Morgan fingerprint density at radius 1 is 1.53 bits per heavy atom. The smallest absolute Gasteiger partial charge is 0.160 e. The van der Waals surface area contributed by atoms with Gasteiger partial charge in [-0.25, -0.2) is 0 Å². The van der Waals surface area contributed by atoms with Crippen molar-refractivity contribution in [1.82, 2.24) is 0 Å². The minimum Gasteiger partial charge on any atom is -0.396 e. The standard InChI is InChI=1S/C15H20BrNO2/c1-11(19)14-7-6-13(10-15(14)16)17-8-2-4-12(17)5-3-9-18/h6-7,10,12,18H,2-5,8-9H2,1H3. The second kappa shape index (κ2) is 6.53. The summed E-state index contributed by atoms with van der Waals surface area (Å²) in [5.74, 6) is 0.0803. The highest BCUT2D eigenvalue weighted by Gasteiger charge is 2.24. The number of carbonyl (C=O) groups is 1. The van der Waals surface area contributed by atoms with E-state index in [0.717, 1.165) is 35.1 Å². The first-order valence-corrected chi connectivity index (χ1v) is 7.60. The predicted octanol–water partition coefficient (Wildman–Crippen LogP) is 3.39. The highest BCUT2D eigenvalue weighted by Crippen LogP contribution is 2.31. The number of hydrogen-bond acceptors (Lipinski definition) is 3. The topological polar surface area (TPSA) is 40.5 Å². The van der Waals surface area contributed by atoms with Gasteiger partial charge in [0.15, 0.2) is 5.78 Å². The summed E-state index contributed by atoms with van der Waals surface area (Å²) in [6, 6.07) is 6.47. The van der Waals surface area contributed by atoms with Crippen molar-refractivity contribution in [3.63, 3.8) is 0 Å². The van der Waals surface area contributed by atoms with Crippen LogP contribution in [0.1, 0.15) is 43.0 Å². The highest BCUT2D eigenvalue weighted by atomic mass is 79.9. The Hall–Kier alpha value is -0.870. The lowest BCUT2D eigenvalue weighted by molar-refractivity contribution is 0.101. The number of Topliss-reactive ketones (excluding diaryl/α,β-unsaturated/α-hetero) is 1. The van der Waals surface area contributed by atoms with Crippen LogP contribution in [-0.4, -0.2) is 30.1 Å². The number of nitrogens with zero attached hydrogens (tertiary/aromatic N) is 1. The van der Waals surface area contributed by atoms with Crippen molar-refractivity contribution >= 4 is 27.4 Å². The van der Waals surface area contributed by atoms with Crippen LogP contribution in [0.4, 0.5) is 5.69 Å². The zero-order valence-electron chi connectivity index (χ0n) is 11.2. The van der Waals surface area contributed by atoms with Gasteiger partial charge >= 0.3 is 0 Å². The van der Waals surface area contributed by atoms with E-state index >= 15 is 0 Å². The number of benzene rings is 1. The molecule has 104 valence electrons. The van der Waals surface area contributed by atoms with Crippen LogP contribution < -0.4 is 4.90 Å². The maximum absolute atomic E-state index is 11.4. The maximum Gasteiger partial charge on any atom is 0.160 e. The first-order valence-electron chi connectivity index (χ1n) is 6.81. The molecule has 1 atom stereocenters. The molecule has 1 N–H and O–H groups in total. The van der Waals surface area contributed by atoms with Crippen LogP contribution >= 0.6 is 15.9 Å². The molecule has 4 heteroatoms. The van der Waals surface area contributed by atoms with E-state index in [-0.39, 0.29) is 12.4 Å². The lowest BCUT2D eigenvalue weighted by Gasteiger charge is -2.27. The molecule has 0 spiro atoms. The zero-order chi connectivity index (χ0) is 13.8. The van der Waals surface area contributed by atoms with E-state index in [1.54, 1.807) is 6.92 Å². The van der Waals surface area contributed by atoms with E-state index in [4.69, 9.17) is 5.11 Å². The Balaban J connectivity index is 2.16. The van der Waals surface area contributed by atoms with Gasteiger partial charge in [0.2, 0.25) is 0 Å². The summed E-state index contributed by atoms with van der Waals surface area (Å²) < 4.78 is 0.866. The SMILES string of the molecule is CC(=O)c1ccc(N2CCCC2CCCO)cc1Br. The third-order valence-electron chi connectivity index (χ3n) is 3.74. The monoisotopic (exact) mass is 325 g/mol. The lowest BCUT2D eigenvalue weighted by atomic mass is 10.1. The van der Waals surface area contributed by atoms with E-state index < -0.39 is 0 Å². The Kier molecular flexibility index (Phi) is 4.99. The molecule has 1 aromatic carbocycles. The normalized spacial score (nSPS) is 18.9. The van der Waals surface area contributed by atoms with Crippen molar-refractivity contribution in [3.8, 4) is 0 Å². The Labute approximate surface area is 122 Å². The number of aliphatic hydroxyl groups excluding tert-OH is 1. The van der Waals surface area contributed by atoms with Gasteiger partial charge in [0.1, 0.15) is 0 Å². The van der Waals surface area contributed by atoms with Crippen LogP contribution in [0, 0.1) is 0 Å². The second-order valence-corrected chi connectivity index (χ2v) is 5.93. The van der Waals surface area contributed by atoms with Gasteiger partial charge in [-0.05, 0) is 66.7 Å². The predicted molar refractivity (Wildman–Crippen MR) is 80.8 cm³/mol. The number of halogens is 1. The molecule has 1 saturated heterocycles. The molecule has 0 aliphatic carbocycles. The van der Waals surface area contributed by atoms with Crippen molar-refractivity contribution < 1.29 is 9.90 Å². The van der Waals surface area contributed by atoms with Crippen molar-refractivity contribution in [3.05, 3.63) is 28.2 Å². The van der Waals surface area contributed by atoms with E-state index in [0.29, 0.717) is 6.04 Å². The maximum atomic E-state index is 11.4. The summed E-state index contributed by atoms with van der Waals surface area (Å²) in [4.78, 5) is 13.8. The van der Waals surface area contributed by atoms with Crippen LogP contribution in [0.5, 0.6) is 0 Å². The largest absolute Gasteiger partial charge is 0.396 e. The summed E-state index contributed by atoms with van der Waals surface area (Å²) in [5.41, 5.74) is 1.90. The Morgan fingerprint density at radius 3 is 2.95 bits per heavy atom. The fourth-order valence-corrected chi connectivity index (χ4v) is 3.42. The van der Waals surface area contributed by atoms with Crippen molar-refractivity contribution in [1.29, 1.82) is 0 Å². The molecule has 1 unspecified atom stereocenters. The Morgan fingerprint density at radius 2 is 2.32 bits per heavy atom. The number of carbonyl (C=O) groups excluding carboxylic acids is 1. The van der Waals surface area contributed by atoms with E-state index in [1.807, 2.05) is 18.2 Å². The average molecular weight is 326 g/mol. The van der Waals surface area contributed by atoms with Gasteiger partial charge in [0.25, 0.3) is 0 Å². The molecule has 1 aromatic rings. The van der Waals surface area contributed by atoms with Gasteiger partial charge in [-0.3, -0.25) is 4.79 Å². The zero-order valence-corrected chi connectivity index (χ0v) is 12.8. The number of hydrogen-bond donors (Lipinski definition) is 1. The summed E-state index contributed by atoms with van der Waals surface area (Å²) in [6.07, 6.45) is 4.27. The van der Waals surface area contributed by atoms with Crippen molar-refractivity contribution in [2.75, 3.05) is 18.1 Å². The minimum absolute atomic E-state index is 0.0803. The number of rotatable bonds is 5. The lowest BCUT2D eigenvalue weighted by Crippen LogP contribution is -2.29. The summed E-state index contributed by atoms with van der Waals surface area (Å²) in [7, 11) is 0. The second-order valence-electron chi connectivity index (χ2n) is 5.08. The molecule has 0 bridgehead atoms. The molecule has 0 radical (unpaired) electrons. The van der Waals surface area contributed by atoms with Gasteiger partial charge in [-0.2, -0.15) is 0 Å². The molecule has 19 heavy (non-hydrogen) atoms. The third-order valence-corrected chi connectivity index (χ3v) is 4.39. The van der Waals surface area contributed by atoms with Crippen molar-refractivity contribution in [2.24, 2.45) is 0 Å². The van der Waals surface area contributed by atoms with Gasteiger partial charge < -0.3 is 10.0 Å². The fraction of sp³-hybridized carbons (Fsp3) is 0.533. The average Bonchev–Trinajstić information content (AvgIpc) is 2.83. The molecule has 1 heterocycles. The van der Waals surface area contributed by atoms with Crippen LogP contribution in [0.15, 0.2) is 22.7 Å². The summed E-state index contributed by atoms with van der Waals surface area (Å²) in [5, 5.41) is 8.96. The molecular formula is C15H20BrNO2. The van der Waals surface area contributed by atoms with Crippen LogP contribution in [0.2, 0.25) is 0 Å².